The summed E-state index contributed by atoms with van der Waals surface area (Å²) in [4.78, 5) is 23.9. The van der Waals surface area contributed by atoms with Crippen molar-refractivity contribution in [2.24, 2.45) is 5.92 Å². The van der Waals surface area contributed by atoms with Gasteiger partial charge in [0.15, 0.2) is 11.5 Å². The Bertz CT molecular complexity index is 1330. The van der Waals surface area contributed by atoms with Gasteiger partial charge >= 0.3 is 0 Å². The fourth-order valence-corrected chi connectivity index (χ4v) is 5.80. The number of alkyl halides is 1. The summed E-state index contributed by atoms with van der Waals surface area (Å²) in [6.07, 6.45) is -0.851. The first-order valence-corrected chi connectivity index (χ1v) is 14.8. The molecule has 1 aliphatic rings. The van der Waals surface area contributed by atoms with E-state index in [0.717, 1.165) is 9.87 Å². The van der Waals surface area contributed by atoms with Crippen molar-refractivity contribution in [1.29, 1.82) is 0 Å². The maximum Gasteiger partial charge on any atom is 0.246 e. The summed E-state index contributed by atoms with van der Waals surface area (Å²) in [5.41, 5.74) is 0.914. The minimum atomic E-state index is -4.12. The molecular formula is C28H34ClN3O7S. The van der Waals surface area contributed by atoms with Crippen LogP contribution in [-0.4, -0.2) is 61.1 Å². The molecule has 216 valence electrons. The molecule has 2 unspecified atom stereocenters. The van der Waals surface area contributed by atoms with Gasteiger partial charge in [0, 0.05) is 44.0 Å². The maximum absolute atomic E-state index is 13.7. The minimum absolute atomic E-state index is 0.00563. The number of halogens is 1. The number of nitrogens with one attached hydrogen (secondary N) is 2. The number of benzene rings is 2. The number of carbonyl (C=O) groups is 2. The Balaban J connectivity index is 1.76. The molecule has 0 bridgehead atoms. The van der Waals surface area contributed by atoms with Crippen LogP contribution in [0.1, 0.15) is 38.7 Å². The Morgan fingerprint density at radius 1 is 1.10 bits per heavy atom. The van der Waals surface area contributed by atoms with Crippen LogP contribution in [0.4, 0.5) is 0 Å². The Morgan fingerprint density at radius 3 is 2.52 bits per heavy atom. The molecule has 2 aromatic rings. The second-order valence-corrected chi connectivity index (χ2v) is 11.8. The second-order valence-electron chi connectivity index (χ2n) is 9.64. The van der Waals surface area contributed by atoms with Gasteiger partial charge in [-0.25, -0.2) is 8.42 Å². The number of aliphatic hydroxyl groups excluding tert-OH is 1. The van der Waals surface area contributed by atoms with Gasteiger partial charge in [-0.2, -0.15) is 4.31 Å². The van der Waals surface area contributed by atoms with Crippen LogP contribution in [0.25, 0.3) is 0 Å². The first-order valence-electron chi connectivity index (χ1n) is 12.9. The summed E-state index contributed by atoms with van der Waals surface area (Å²) < 4.78 is 39.0. The molecule has 0 aromatic heterocycles. The molecule has 12 heteroatoms. The average molecular weight is 592 g/mol. The van der Waals surface area contributed by atoms with Gasteiger partial charge in [-0.3, -0.25) is 14.9 Å². The molecule has 0 saturated carbocycles. The van der Waals surface area contributed by atoms with Crippen LogP contribution in [0.2, 0.25) is 0 Å². The zero-order valence-corrected chi connectivity index (χ0v) is 24.0. The minimum Gasteiger partial charge on any atom is -0.454 e. The number of ether oxygens (including phenoxy) is 2. The lowest BCUT2D eigenvalue weighted by Gasteiger charge is -2.31. The molecule has 3 rings (SSSR count). The third-order valence-electron chi connectivity index (χ3n) is 5.90. The zero-order chi connectivity index (χ0) is 29.1. The molecule has 3 N–H and O–H groups in total. The summed E-state index contributed by atoms with van der Waals surface area (Å²) in [6, 6.07) is 15.6. The monoisotopic (exact) mass is 591 g/mol. The number of hydrogen-bond acceptors (Lipinski definition) is 7. The molecule has 2 atom stereocenters. The van der Waals surface area contributed by atoms with E-state index >= 15 is 0 Å². The summed E-state index contributed by atoms with van der Waals surface area (Å²) in [7, 11) is -4.12. The molecule has 2 aromatic carbocycles. The summed E-state index contributed by atoms with van der Waals surface area (Å²) in [5, 5.41) is 16.5. The van der Waals surface area contributed by atoms with Crippen LogP contribution in [0, 0.1) is 17.9 Å². The lowest BCUT2D eigenvalue weighted by Crippen LogP contribution is -2.47. The average Bonchev–Trinajstić information content (AvgIpc) is 3.40. The Hall–Kier alpha value is -3.30. The highest BCUT2D eigenvalue weighted by atomic mass is 35.5. The first-order chi connectivity index (χ1) is 19.1. The number of hydrogen-bond donors (Lipinski definition) is 3. The Kier molecular flexibility index (Phi) is 11.6. The number of aliphatic hydroxyl groups is 1. The van der Waals surface area contributed by atoms with E-state index in [2.05, 4.69) is 22.6 Å². The van der Waals surface area contributed by atoms with Gasteiger partial charge in [-0.1, -0.05) is 50.1 Å². The van der Waals surface area contributed by atoms with Crippen LogP contribution in [0.3, 0.4) is 0 Å². The number of nitrogens with zero attached hydrogens (tertiary/aromatic N) is 1. The largest absolute Gasteiger partial charge is 0.454 e. The maximum atomic E-state index is 13.7. The van der Waals surface area contributed by atoms with Crippen LogP contribution >= 0.6 is 11.6 Å². The van der Waals surface area contributed by atoms with Crippen LogP contribution in [-0.2, 0) is 26.0 Å². The van der Waals surface area contributed by atoms with E-state index in [0.29, 0.717) is 17.9 Å². The summed E-state index contributed by atoms with van der Waals surface area (Å²) >= 11 is 5.40. The Labute approximate surface area is 240 Å². The van der Waals surface area contributed by atoms with Crippen molar-refractivity contribution in [2.45, 2.75) is 56.7 Å². The molecule has 0 spiro atoms. The first kappa shape index (κ1) is 31.2. The third-order valence-corrected chi connectivity index (χ3v) is 8.00. The van der Waals surface area contributed by atoms with Crippen molar-refractivity contribution in [3.63, 3.8) is 0 Å². The van der Waals surface area contributed by atoms with Gasteiger partial charge in [-0.05, 0) is 30.0 Å². The lowest BCUT2D eigenvalue weighted by molar-refractivity contribution is -0.122. The van der Waals surface area contributed by atoms with Crippen molar-refractivity contribution >= 4 is 33.4 Å². The van der Waals surface area contributed by atoms with Gasteiger partial charge < -0.3 is 19.9 Å². The second kappa shape index (κ2) is 14.9. The zero-order valence-electron chi connectivity index (χ0n) is 22.4. The standard InChI is InChI=1S/C28H34ClN3O7S/c1-20(2)18-32(40(36,37)23-11-12-24-25(16-23)39-19-38-24)28(35)15-22(14-21-8-4-3-5-9-21)31-26(33)10-6-7-13-30-27(34)17-29/h3-5,8-9,11-12,16,20,22,28,35H,6,10,14-15,17-19H2,1-2H3,(H,30,34)(H,31,33). The van der Waals surface area contributed by atoms with E-state index in [1.54, 1.807) is 0 Å². The van der Waals surface area contributed by atoms with Crippen LogP contribution < -0.4 is 20.1 Å². The fraction of sp³-hybridized carbons (Fsp3) is 0.429. The van der Waals surface area contributed by atoms with Gasteiger partial charge in [0.25, 0.3) is 0 Å². The highest BCUT2D eigenvalue weighted by Crippen LogP contribution is 2.35. The third kappa shape index (κ3) is 9.13. The summed E-state index contributed by atoms with van der Waals surface area (Å²) in [5.74, 6) is 2.40. The molecule has 0 radical (unpaired) electrons. The molecule has 1 heterocycles. The molecule has 10 nitrogen and oxygen atoms in total. The normalized spacial score (nSPS) is 13.8. The predicted octanol–water partition coefficient (Wildman–Crippen LogP) is 2.59. The van der Waals surface area contributed by atoms with Crippen molar-refractivity contribution in [3.05, 3.63) is 54.1 Å². The quantitative estimate of drug-likeness (QED) is 0.141. The molecular weight excluding hydrogens is 558 g/mol. The lowest BCUT2D eigenvalue weighted by atomic mass is 10.0. The van der Waals surface area contributed by atoms with E-state index in [4.69, 9.17) is 21.1 Å². The number of sulfonamides is 1. The van der Waals surface area contributed by atoms with Crippen molar-refractivity contribution in [3.8, 4) is 23.5 Å². The SMILES string of the molecule is CC(C)CN(C(O)CC(Cc1ccccc1)NC(=O)CCC#CNC(=O)CCl)S(=O)(=O)c1ccc2c(c1)OCO2. The fourth-order valence-electron chi connectivity index (χ4n) is 4.06. The molecule has 0 aliphatic carbocycles. The molecule has 1 aliphatic heterocycles. The van der Waals surface area contributed by atoms with Gasteiger partial charge in [0.1, 0.15) is 12.1 Å². The van der Waals surface area contributed by atoms with E-state index in [-0.39, 0.29) is 55.2 Å². The highest BCUT2D eigenvalue weighted by Gasteiger charge is 2.34. The van der Waals surface area contributed by atoms with E-state index in [1.165, 1.54) is 18.2 Å². The highest BCUT2D eigenvalue weighted by molar-refractivity contribution is 7.89. The molecule has 0 saturated heterocycles. The van der Waals surface area contributed by atoms with Gasteiger partial charge in [-0.15, -0.1) is 11.6 Å². The van der Waals surface area contributed by atoms with E-state index in [9.17, 15) is 23.1 Å². The van der Waals surface area contributed by atoms with Gasteiger partial charge in [0.2, 0.25) is 28.6 Å². The van der Waals surface area contributed by atoms with Gasteiger partial charge in [0.05, 0.1) is 4.90 Å². The Morgan fingerprint density at radius 2 is 1.82 bits per heavy atom. The van der Waals surface area contributed by atoms with Crippen molar-refractivity contribution < 1.29 is 32.6 Å². The topological polar surface area (TPSA) is 134 Å². The predicted molar refractivity (Wildman–Crippen MR) is 150 cm³/mol. The number of carbonyl (C=O) groups excluding carboxylic acids is 2. The van der Waals surface area contributed by atoms with Crippen LogP contribution in [0.5, 0.6) is 11.5 Å². The number of rotatable bonds is 13. The number of fused-ring (bicyclic) bond motifs is 1. The van der Waals surface area contributed by atoms with E-state index < -0.39 is 28.2 Å². The molecule has 0 fully saturated rings. The number of amides is 2. The van der Waals surface area contributed by atoms with E-state index in [1.807, 2.05) is 44.2 Å². The smallest absolute Gasteiger partial charge is 0.246 e. The van der Waals surface area contributed by atoms with Crippen LogP contribution in [0.15, 0.2) is 53.4 Å². The molecule has 40 heavy (non-hydrogen) atoms. The summed E-state index contributed by atoms with van der Waals surface area (Å²) in [6.45, 7) is 3.78. The molecule has 2 amide bonds. The van der Waals surface area contributed by atoms with Crippen molar-refractivity contribution in [2.75, 3.05) is 19.2 Å². The van der Waals surface area contributed by atoms with Crippen molar-refractivity contribution in [1.82, 2.24) is 14.9 Å².